The number of piperidine rings is 1. The lowest BCUT2D eigenvalue weighted by Gasteiger charge is -2.40. The van der Waals surface area contributed by atoms with Crippen LogP contribution in [-0.2, 0) is 17.8 Å². The Kier molecular flexibility index (Phi) is 6.67. The molecule has 0 aromatic carbocycles. The molecule has 0 bridgehead atoms. The van der Waals surface area contributed by atoms with Gasteiger partial charge in [-0.05, 0) is 38.8 Å². The summed E-state index contributed by atoms with van der Waals surface area (Å²) in [6.45, 7) is 8.76. The number of likely N-dealkylation sites (tertiary alicyclic amines) is 1. The van der Waals surface area contributed by atoms with E-state index >= 15 is 0 Å². The Labute approximate surface area is 166 Å². The smallest absolute Gasteiger partial charge is 0.343 e. The molecular formula is C21H33N3O4. The first kappa shape index (κ1) is 19.9. The van der Waals surface area contributed by atoms with E-state index in [4.69, 9.17) is 9.15 Å². The van der Waals surface area contributed by atoms with Gasteiger partial charge in [-0.15, -0.1) is 0 Å². The van der Waals surface area contributed by atoms with Gasteiger partial charge in [-0.25, -0.2) is 4.79 Å². The third-order valence-corrected chi connectivity index (χ3v) is 6.48. The molecule has 0 saturated carbocycles. The van der Waals surface area contributed by atoms with Crippen molar-refractivity contribution in [2.45, 2.75) is 51.2 Å². The molecule has 3 fully saturated rings. The number of hydrogen-bond donors (Lipinski definition) is 1. The SMILES string of the molecule is O=c1occ(CN2CCCCC2)c(O)c1CN1CCN(C2CCOCC2)CC1. The van der Waals surface area contributed by atoms with Crippen LogP contribution in [0.3, 0.4) is 0 Å². The van der Waals surface area contributed by atoms with Gasteiger partial charge in [-0.3, -0.25) is 14.7 Å². The molecule has 0 aliphatic carbocycles. The van der Waals surface area contributed by atoms with Crippen LogP contribution in [0.4, 0.5) is 0 Å². The summed E-state index contributed by atoms with van der Waals surface area (Å²) in [6.07, 6.45) is 7.34. The molecule has 3 aliphatic rings. The molecule has 4 rings (SSSR count). The summed E-state index contributed by atoms with van der Waals surface area (Å²) in [4.78, 5) is 19.4. The maximum Gasteiger partial charge on any atom is 0.343 e. The van der Waals surface area contributed by atoms with E-state index in [1.165, 1.54) is 25.5 Å². The second-order valence-corrected chi connectivity index (χ2v) is 8.37. The third-order valence-electron chi connectivity index (χ3n) is 6.48. The van der Waals surface area contributed by atoms with Crippen LogP contribution in [0.1, 0.15) is 43.2 Å². The normalized spacial score (nSPS) is 23.9. The topological polar surface area (TPSA) is 69.4 Å². The first-order valence-corrected chi connectivity index (χ1v) is 10.8. The predicted octanol–water partition coefficient (Wildman–Crippen LogP) is 1.63. The first-order chi connectivity index (χ1) is 13.7. The van der Waals surface area contributed by atoms with Crippen molar-refractivity contribution in [2.24, 2.45) is 0 Å². The summed E-state index contributed by atoms with van der Waals surface area (Å²) in [7, 11) is 0. The highest BCUT2D eigenvalue weighted by atomic mass is 16.5. The molecule has 0 unspecified atom stereocenters. The van der Waals surface area contributed by atoms with Crippen LogP contribution in [0.15, 0.2) is 15.5 Å². The van der Waals surface area contributed by atoms with E-state index in [9.17, 15) is 9.90 Å². The predicted molar refractivity (Wildman–Crippen MR) is 106 cm³/mol. The highest BCUT2D eigenvalue weighted by Gasteiger charge is 2.27. The minimum Gasteiger partial charge on any atom is -0.507 e. The van der Waals surface area contributed by atoms with Crippen molar-refractivity contribution in [1.29, 1.82) is 0 Å². The van der Waals surface area contributed by atoms with Crippen LogP contribution in [0, 0.1) is 0 Å². The minimum absolute atomic E-state index is 0.133. The van der Waals surface area contributed by atoms with Gasteiger partial charge in [-0.1, -0.05) is 6.42 Å². The Morgan fingerprint density at radius 2 is 1.61 bits per heavy atom. The average molecular weight is 392 g/mol. The highest BCUT2D eigenvalue weighted by Crippen LogP contribution is 2.25. The Morgan fingerprint density at radius 1 is 0.929 bits per heavy atom. The molecule has 28 heavy (non-hydrogen) atoms. The van der Waals surface area contributed by atoms with Crippen molar-refractivity contribution >= 4 is 0 Å². The molecular weight excluding hydrogens is 358 g/mol. The monoisotopic (exact) mass is 391 g/mol. The van der Waals surface area contributed by atoms with Crippen LogP contribution in [0.25, 0.3) is 0 Å². The van der Waals surface area contributed by atoms with Gasteiger partial charge in [0.25, 0.3) is 0 Å². The van der Waals surface area contributed by atoms with Crippen molar-refractivity contribution < 1.29 is 14.3 Å². The van der Waals surface area contributed by atoms with Crippen LogP contribution in [-0.4, -0.2) is 78.3 Å². The van der Waals surface area contributed by atoms with Gasteiger partial charge in [0.15, 0.2) is 0 Å². The van der Waals surface area contributed by atoms with Gasteiger partial charge in [0.1, 0.15) is 12.0 Å². The molecule has 1 aromatic heterocycles. The van der Waals surface area contributed by atoms with Gasteiger partial charge in [0.05, 0.1) is 5.56 Å². The maximum absolute atomic E-state index is 12.3. The first-order valence-electron chi connectivity index (χ1n) is 10.8. The van der Waals surface area contributed by atoms with E-state index in [0.29, 0.717) is 24.7 Å². The van der Waals surface area contributed by atoms with Crippen molar-refractivity contribution in [1.82, 2.24) is 14.7 Å². The Morgan fingerprint density at radius 3 is 2.32 bits per heavy atom. The molecule has 4 heterocycles. The molecule has 7 heteroatoms. The van der Waals surface area contributed by atoms with Gasteiger partial charge >= 0.3 is 5.63 Å². The van der Waals surface area contributed by atoms with Crippen molar-refractivity contribution in [3.63, 3.8) is 0 Å². The Balaban J connectivity index is 1.36. The van der Waals surface area contributed by atoms with Crippen LogP contribution >= 0.6 is 0 Å². The van der Waals surface area contributed by atoms with Gasteiger partial charge in [0.2, 0.25) is 0 Å². The third kappa shape index (κ3) is 4.76. The Bertz CT molecular complexity index is 687. The Hall–Kier alpha value is -1.41. The molecule has 3 aliphatic heterocycles. The number of rotatable bonds is 5. The second kappa shape index (κ2) is 9.39. The van der Waals surface area contributed by atoms with Gasteiger partial charge in [-0.2, -0.15) is 0 Å². The van der Waals surface area contributed by atoms with Crippen molar-refractivity contribution in [2.75, 3.05) is 52.5 Å². The summed E-state index contributed by atoms with van der Waals surface area (Å²) < 4.78 is 10.7. The molecule has 0 atom stereocenters. The summed E-state index contributed by atoms with van der Waals surface area (Å²) in [5.74, 6) is 0.133. The molecule has 0 spiro atoms. The molecule has 1 aromatic rings. The maximum atomic E-state index is 12.3. The summed E-state index contributed by atoms with van der Waals surface area (Å²) in [5, 5.41) is 10.7. The molecule has 156 valence electrons. The highest BCUT2D eigenvalue weighted by molar-refractivity contribution is 5.36. The van der Waals surface area contributed by atoms with E-state index in [2.05, 4.69) is 14.7 Å². The molecule has 0 radical (unpaired) electrons. The summed E-state index contributed by atoms with van der Waals surface area (Å²) >= 11 is 0. The lowest BCUT2D eigenvalue weighted by atomic mass is 10.1. The summed E-state index contributed by atoms with van der Waals surface area (Å²) in [6, 6.07) is 0.627. The van der Waals surface area contributed by atoms with Crippen LogP contribution < -0.4 is 5.63 Å². The summed E-state index contributed by atoms with van der Waals surface area (Å²) in [5.41, 5.74) is 0.734. The molecule has 1 N–H and O–H groups in total. The number of nitrogens with zero attached hydrogens (tertiary/aromatic N) is 3. The number of aromatic hydroxyl groups is 1. The van der Waals surface area contributed by atoms with Gasteiger partial charge < -0.3 is 14.3 Å². The second-order valence-electron chi connectivity index (χ2n) is 8.37. The minimum atomic E-state index is -0.410. The largest absolute Gasteiger partial charge is 0.507 e. The fourth-order valence-electron chi connectivity index (χ4n) is 4.71. The van der Waals surface area contributed by atoms with E-state index in [-0.39, 0.29) is 5.75 Å². The fraction of sp³-hybridized carbons (Fsp3) is 0.762. The van der Waals surface area contributed by atoms with E-state index < -0.39 is 5.63 Å². The van der Waals surface area contributed by atoms with E-state index in [0.717, 1.165) is 70.9 Å². The molecule has 7 nitrogen and oxygen atoms in total. The quantitative estimate of drug-likeness (QED) is 0.818. The fourth-order valence-corrected chi connectivity index (χ4v) is 4.71. The molecule has 0 amide bonds. The zero-order valence-corrected chi connectivity index (χ0v) is 16.8. The van der Waals surface area contributed by atoms with E-state index in [1.807, 2.05) is 0 Å². The van der Waals surface area contributed by atoms with Crippen molar-refractivity contribution in [3.05, 3.63) is 27.8 Å². The average Bonchev–Trinajstić information content (AvgIpc) is 2.75. The van der Waals surface area contributed by atoms with Gasteiger partial charge in [0, 0.05) is 64.1 Å². The molecule has 3 saturated heterocycles. The standard InChI is InChI=1S/C21H33N3O4/c25-20-17(14-22-6-2-1-3-7-22)16-28-21(26)19(20)15-23-8-10-24(11-9-23)18-4-12-27-13-5-18/h16,18,25H,1-15H2. The lowest BCUT2D eigenvalue weighted by Crippen LogP contribution is -2.51. The number of ether oxygens (including phenoxy) is 1. The number of hydrogen-bond acceptors (Lipinski definition) is 7. The zero-order chi connectivity index (χ0) is 19.3. The van der Waals surface area contributed by atoms with Crippen LogP contribution in [0.5, 0.6) is 5.75 Å². The zero-order valence-electron chi connectivity index (χ0n) is 16.8. The van der Waals surface area contributed by atoms with E-state index in [1.54, 1.807) is 0 Å². The van der Waals surface area contributed by atoms with Crippen LogP contribution in [0.2, 0.25) is 0 Å². The van der Waals surface area contributed by atoms with Crippen molar-refractivity contribution in [3.8, 4) is 5.75 Å². The lowest BCUT2D eigenvalue weighted by molar-refractivity contribution is 0.0123. The number of piperazine rings is 1.